The van der Waals surface area contributed by atoms with Crippen LogP contribution < -0.4 is 9.80 Å². The summed E-state index contributed by atoms with van der Waals surface area (Å²) in [6, 6.07) is 105. The van der Waals surface area contributed by atoms with Crippen LogP contribution in [0, 0.1) is 94.7 Å². The smallest absolute Gasteiger partial charge is 0.137 e. The zero-order chi connectivity index (χ0) is 76.7. The molecular weight excluding hydrogens is 1430 g/mol. The molecule has 2 heterocycles. The normalized spacial score (nSPS) is 30.4. The number of fused-ring (bicyclic) bond motifs is 8. The van der Waals surface area contributed by atoms with E-state index < -0.39 is 0 Å². The third-order valence-corrected chi connectivity index (χ3v) is 34.3. The third-order valence-electron chi connectivity index (χ3n) is 34.3. The molecule has 4 nitrogen and oxygen atoms in total. The summed E-state index contributed by atoms with van der Waals surface area (Å²) in [7, 11) is 0. The number of hydrogen-bond acceptors (Lipinski definition) is 4. The maximum absolute atomic E-state index is 7.03. The molecule has 16 aliphatic rings. The molecule has 31 rings (SSSR count). The largest absolute Gasteiger partial charge is 0.456 e. The van der Waals surface area contributed by atoms with Crippen LogP contribution in [0.25, 0.3) is 110 Å². The number of nitrogens with zero attached hydrogens (tertiary/aromatic N) is 2. The Bertz CT molecular complexity index is 5940. The van der Waals surface area contributed by atoms with E-state index in [9.17, 15) is 0 Å². The van der Waals surface area contributed by atoms with E-state index in [4.69, 9.17) is 8.83 Å². The monoisotopic (exact) mass is 1530 g/mol. The second-order valence-corrected chi connectivity index (χ2v) is 40.8. The molecule has 4 heteroatoms. The topological polar surface area (TPSA) is 32.8 Å². The van der Waals surface area contributed by atoms with Crippen molar-refractivity contribution >= 4 is 99.5 Å². The Labute approximate surface area is 694 Å². The molecule has 0 saturated heterocycles. The Morgan fingerprint density at radius 2 is 0.449 bits per heavy atom. The first-order valence-electron chi connectivity index (χ1n) is 46.4. The van der Waals surface area contributed by atoms with Gasteiger partial charge in [0.15, 0.2) is 0 Å². The average Bonchev–Trinajstić information content (AvgIpc) is 0.750. The van der Waals surface area contributed by atoms with Crippen LogP contribution >= 0.6 is 0 Å². The summed E-state index contributed by atoms with van der Waals surface area (Å²) in [6.45, 7) is 0. The van der Waals surface area contributed by atoms with Crippen molar-refractivity contribution in [2.24, 2.45) is 94.7 Å². The second kappa shape index (κ2) is 26.5. The van der Waals surface area contributed by atoms with Gasteiger partial charge < -0.3 is 18.6 Å². The summed E-state index contributed by atoms with van der Waals surface area (Å²) >= 11 is 0. The number of furan rings is 2. The van der Waals surface area contributed by atoms with Gasteiger partial charge in [-0.25, -0.2) is 0 Å². The van der Waals surface area contributed by atoms with Crippen LogP contribution in [0.2, 0.25) is 0 Å². The molecule has 0 aliphatic heterocycles. The van der Waals surface area contributed by atoms with Gasteiger partial charge >= 0.3 is 0 Å². The molecular formula is C114H104N2O2. The Kier molecular flexibility index (Phi) is 15.4. The van der Waals surface area contributed by atoms with Gasteiger partial charge in [-0.1, -0.05) is 170 Å². The SMILES string of the molecule is c1ccc(-c2ccccc2-c2c3ccc(N(c4cc(C5C6CC7CC(C6)CC5C7)cc(C5C6CC7CC(C6)CC5C7)c4)c4ccc5c(c4)oc4ccccc45)cc3c(-c3ccccc3-c3ccccc3)c3ccc(N(c4cc(C5C6CC7CC(C6)CC5C7)cc(C5C6CC7CC(C6)CC5C7)c4)c4ccc5c(c4)oc4ccccc45)cc23)cc1. The van der Waals surface area contributed by atoms with Gasteiger partial charge in [0.1, 0.15) is 22.3 Å². The maximum Gasteiger partial charge on any atom is 0.137 e. The lowest BCUT2D eigenvalue weighted by Gasteiger charge is -2.56. The van der Waals surface area contributed by atoms with Crippen molar-refractivity contribution in [2.45, 2.75) is 152 Å². The van der Waals surface area contributed by atoms with Crippen LogP contribution in [0.15, 0.2) is 276 Å². The number of anilines is 6. The van der Waals surface area contributed by atoms with Gasteiger partial charge in [0.05, 0.1) is 0 Å². The molecule has 0 amide bonds. The fraction of sp³-hybridized carbons (Fsp3) is 0.351. The molecule has 13 aromatic carbocycles. The lowest BCUT2D eigenvalue weighted by molar-refractivity contribution is -0.00507. The van der Waals surface area contributed by atoms with Gasteiger partial charge in [-0.05, 0) is 420 Å². The van der Waals surface area contributed by atoms with Crippen molar-refractivity contribution in [2.75, 3.05) is 9.80 Å². The molecule has 0 spiro atoms. The Balaban J connectivity index is 0.731. The van der Waals surface area contributed by atoms with Crippen molar-refractivity contribution in [1.29, 1.82) is 0 Å². The van der Waals surface area contributed by atoms with Crippen LogP contribution in [0.5, 0.6) is 0 Å². The van der Waals surface area contributed by atoms with E-state index in [-0.39, 0.29) is 0 Å². The van der Waals surface area contributed by atoms with Gasteiger partial charge in [-0.15, -0.1) is 0 Å². The highest BCUT2D eigenvalue weighted by Gasteiger charge is 2.54. The highest BCUT2D eigenvalue weighted by atomic mass is 16.3. The Morgan fingerprint density at radius 3 is 0.771 bits per heavy atom. The Morgan fingerprint density at radius 1 is 0.186 bits per heavy atom. The second-order valence-electron chi connectivity index (χ2n) is 40.8. The van der Waals surface area contributed by atoms with Crippen LogP contribution in [0.4, 0.5) is 34.1 Å². The van der Waals surface area contributed by atoms with Crippen molar-refractivity contribution < 1.29 is 8.83 Å². The van der Waals surface area contributed by atoms with E-state index >= 15 is 0 Å². The number of para-hydroxylation sites is 2. The standard InChI is InChI=1S/C114H104N2O2/c1-3-15-73(16-4-1)93-19-7-9-23-99(93)113-101-33-29-88(116(90-28-32-98-96-22-12-14-26-106(96)118-108(98)64-90)92-59-85(111-79-47-69-37-70(49-79)50-80(111)48-69)56-86(60-92)112-81-51-71-38-72(53-81)54-82(112)52-71)62-104(101)114(100-24-10-8-20-94(100)74-17-5-2-6-18-74)102-34-30-87(61-103(102)113)115(89-27-31-97-95-21-11-13-25-105(95)117-107(97)63-89)91-57-83(109-75-39-65-35-66(41-75)42-76(109)40-65)55-84(58-91)110-77-43-67-36-68(45-77)46-78(110)44-67/h1-34,55-72,75-82,109-112H,35-54H2. The minimum absolute atomic E-state index is 0.586. The molecule has 15 aromatic rings. The summed E-state index contributed by atoms with van der Waals surface area (Å²) < 4.78 is 14.1. The molecule has 2 aromatic heterocycles. The van der Waals surface area contributed by atoms with Crippen molar-refractivity contribution in [3.8, 4) is 44.5 Å². The maximum atomic E-state index is 7.03. The molecule has 0 radical (unpaired) electrons. The predicted molar refractivity (Wildman–Crippen MR) is 486 cm³/mol. The van der Waals surface area contributed by atoms with E-state index in [1.807, 2.05) is 0 Å². The van der Waals surface area contributed by atoms with Gasteiger partial charge in [0.2, 0.25) is 0 Å². The lowest BCUT2D eigenvalue weighted by atomic mass is 9.49. The molecule has 582 valence electrons. The summed E-state index contributed by atoms with van der Waals surface area (Å²) in [6.07, 6.45) is 28.3. The van der Waals surface area contributed by atoms with Gasteiger partial charge in [0, 0.05) is 67.8 Å². The van der Waals surface area contributed by atoms with Crippen LogP contribution in [0.1, 0.15) is 174 Å². The number of rotatable bonds is 14. The molecule has 16 aliphatic carbocycles. The van der Waals surface area contributed by atoms with Gasteiger partial charge in [-0.3, -0.25) is 0 Å². The first-order valence-corrected chi connectivity index (χ1v) is 46.4. The first kappa shape index (κ1) is 68.5. The zero-order valence-electron chi connectivity index (χ0n) is 67.8. The van der Waals surface area contributed by atoms with E-state index in [1.54, 1.807) is 22.3 Å². The summed E-state index contributed by atoms with van der Waals surface area (Å²) in [5.74, 6) is 15.6. The molecule has 0 N–H and O–H groups in total. The highest BCUT2D eigenvalue weighted by molar-refractivity contribution is 6.25. The number of benzene rings is 13. The quantitative estimate of drug-likeness (QED) is 0.102. The summed E-state index contributed by atoms with van der Waals surface area (Å²) in [5, 5.41) is 9.61. The molecule has 16 saturated carbocycles. The first-order chi connectivity index (χ1) is 58.3. The zero-order valence-corrected chi connectivity index (χ0v) is 67.8. The van der Waals surface area contributed by atoms with Crippen molar-refractivity contribution in [3.63, 3.8) is 0 Å². The summed E-state index contributed by atoms with van der Waals surface area (Å²) in [5.41, 5.74) is 27.3. The fourth-order valence-corrected chi connectivity index (χ4v) is 31.0. The minimum Gasteiger partial charge on any atom is -0.456 e. The van der Waals surface area contributed by atoms with E-state index in [0.717, 1.165) is 139 Å². The van der Waals surface area contributed by atoms with Crippen LogP contribution in [-0.4, -0.2) is 0 Å². The predicted octanol–water partition coefficient (Wildman–Crippen LogP) is 31.6. The number of hydrogen-bond donors (Lipinski definition) is 0. The lowest BCUT2D eigenvalue weighted by Crippen LogP contribution is -2.44. The van der Waals surface area contributed by atoms with Crippen LogP contribution in [0.3, 0.4) is 0 Å². The van der Waals surface area contributed by atoms with E-state index in [0.29, 0.717) is 23.7 Å². The van der Waals surface area contributed by atoms with Crippen molar-refractivity contribution in [3.05, 3.63) is 289 Å². The van der Waals surface area contributed by atoms with Gasteiger partial charge in [-0.2, -0.15) is 0 Å². The Hall–Kier alpha value is -10.4. The molecule has 0 unspecified atom stereocenters. The minimum atomic E-state index is 0.586. The third kappa shape index (κ3) is 10.9. The van der Waals surface area contributed by atoms with E-state index in [1.165, 1.54) is 228 Å². The summed E-state index contributed by atoms with van der Waals surface area (Å²) in [4.78, 5) is 5.43. The highest BCUT2D eigenvalue weighted by Crippen LogP contribution is 2.67. The molecule has 16 bridgehead atoms. The molecule has 16 fully saturated rings. The average molecular weight is 1530 g/mol. The van der Waals surface area contributed by atoms with Crippen LogP contribution in [-0.2, 0) is 0 Å². The fourth-order valence-electron chi connectivity index (χ4n) is 31.0. The van der Waals surface area contributed by atoms with E-state index in [2.05, 4.69) is 277 Å². The molecule has 0 atom stereocenters. The van der Waals surface area contributed by atoms with Gasteiger partial charge in [0.25, 0.3) is 0 Å². The molecule has 118 heavy (non-hydrogen) atoms. The van der Waals surface area contributed by atoms with Crippen molar-refractivity contribution in [1.82, 2.24) is 0 Å².